The molecule has 0 aliphatic heterocycles. The second-order valence-corrected chi connectivity index (χ2v) is 2.38. The Morgan fingerprint density at radius 1 is 1.43 bits per heavy atom. The van der Waals surface area contributed by atoms with Gasteiger partial charge >= 0.3 is 23.1 Å². The van der Waals surface area contributed by atoms with Crippen molar-refractivity contribution in [2.45, 2.75) is 6.92 Å². The van der Waals surface area contributed by atoms with Crippen molar-refractivity contribution in [1.29, 1.82) is 0 Å². The van der Waals surface area contributed by atoms with Crippen LogP contribution in [0.25, 0.3) is 0 Å². The van der Waals surface area contributed by atoms with Gasteiger partial charge < -0.3 is 17.1 Å². The molecule has 72 valence electrons. The van der Waals surface area contributed by atoms with Gasteiger partial charge in [0.2, 0.25) is 0 Å². The standard InChI is InChI=1S/C10H11O2.ClH.Mg/c1-3-12-10(11)9-7-5-4-6-8(9)2;;/h4-7H,2-3H2,1H3;1H;/q-1;;+2/p-1. The molecule has 1 aromatic carbocycles. The topological polar surface area (TPSA) is 26.3 Å². The maximum absolute atomic E-state index is 11.2. The molecule has 14 heavy (non-hydrogen) atoms. The molecule has 0 unspecified atom stereocenters. The first-order chi connectivity index (χ1) is 5.75. The van der Waals surface area contributed by atoms with Crippen molar-refractivity contribution >= 4 is 29.0 Å². The van der Waals surface area contributed by atoms with Gasteiger partial charge in [-0.2, -0.15) is 18.6 Å². The van der Waals surface area contributed by atoms with Crippen LogP contribution >= 0.6 is 0 Å². The Bertz CT molecular complexity index is 289. The predicted molar refractivity (Wildman–Crippen MR) is 52.6 cm³/mol. The van der Waals surface area contributed by atoms with E-state index in [0.29, 0.717) is 17.7 Å². The largest absolute Gasteiger partial charge is 2.00 e. The van der Waals surface area contributed by atoms with Crippen LogP contribution in [0.1, 0.15) is 22.8 Å². The van der Waals surface area contributed by atoms with Gasteiger partial charge in [-0.15, -0.1) is 12.1 Å². The molecule has 0 aromatic heterocycles. The van der Waals surface area contributed by atoms with Crippen molar-refractivity contribution in [3.8, 4) is 0 Å². The van der Waals surface area contributed by atoms with Crippen molar-refractivity contribution < 1.29 is 21.9 Å². The average Bonchev–Trinajstić information content (AvgIpc) is 2.05. The Balaban J connectivity index is 0. The molecule has 2 nitrogen and oxygen atoms in total. The van der Waals surface area contributed by atoms with Gasteiger partial charge in [0, 0.05) is 0 Å². The molecular formula is C10H11ClMgO2. The van der Waals surface area contributed by atoms with Crippen LogP contribution in [0.4, 0.5) is 0 Å². The average molecular weight is 223 g/mol. The third-order valence-electron chi connectivity index (χ3n) is 1.51. The quantitative estimate of drug-likeness (QED) is 0.352. The number of carbonyl (C=O) groups excluding carboxylic acids is 1. The molecular weight excluding hydrogens is 212 g/mol. The maximum atomic E-state index is 11.2. The minimum Gasteiger partial charge on any atom is -1.00 e. The molecule has 0 amide bonds. The minimum absolute atomic E-state index is 0. The van der Waals surface area contributed by atoms with Gasteiger partial charge in [0.05, 0.1) is 6.61 Å². The summed E-state index contributed by atoms with van der Waals surface area (Å²) in [5.41, 5.74) is 1.25. The van der Waals surface area contributed by atoms with E-state index >= 15 is 0 Å². The summed E-state index contributed by atoms with van der Waals surface area (Å²) in [6.45, 7) is 5.90. The van der Waals surface area contributed by atoms with Gasteiger partial charge in [-0.25, -0.2) is 0 Å². The maximum Gasteiger partial charge on any atom is 2.00 e. The van der Waals surface area contributed by atoms with E-state index in [1.54, 1.807) is 25.1 Å². The monoisotopic (exact) mass is 222 g/mol. The number of esters is 1. The number of hydrogen-bond donors (Lipinski definition) is 0. The summed E-state index contributed by atoms with van der Waals surface area (Å²) in [6.07, 6.45) is 0. The van der Waals surface area contributed by atoms with E-state index in [1.165, 1.54) is 0 Å². The molecule has 0 saturated carbocycles. The van der Waals surface area contributed by atoms with Gasteiger partial charge in [-0.3, -0.25) is 4.79 Å². The molecule has 0 bridgehead atoms. The van der Waals surface area contributed by atoms with Crippen molar-refractivity contribution in [2.24, 2.45) is 0 Å². The van der Waals surface area contributed by atoms with E-state index in [9.17, 15) is 4.79 Å². The van der Waals surface area contributed by atoms with Crippen LogP contribution in [0.15, 0.2) is 24.3 Å². The van der Waals surface area contributed by atoms with Crippen molar-refractivity contribution in [2.75, 3.05) is 6.61 Å². The van der Waals surface area contributed by atoms with Crippen LogP contribution in [0.5, 0.6) is 0 Å². The third kappa shape index (κ3) is 4.22. The van der Waals surface area contributed by atoms with Gasteiger partial charge in [-0.05, 0) is 12.5 Å². The molecule has 0 heterocycles. The second kappa shape index (κ2) is 7.97. The molecule has 1 aromatic rings. The third-order valence-corrected chi connectivity index (χ3v) is 1.51. The summed E-state index contributed by atoms with van der Waals surface area (Å²) >= 11 is 0. The molecule has 0 aliphatic carbocycles. The molecule has 0 N–H and O–H groups in total. The smallest absolute Gasteiger partial charge is 1.00 e. The van der Waals surface area contributed by atoms with E-state index in [0.717, 1.165) is 0 Å². The van der Waals surface area contributed by atoms with Crippen molar-refractivity contribution in [3.05, 3.63) is 42.3 Å². The molecule has 0 spiro atoms. The first kappa shape index (κ1) is 16.1. The normalized spacial score (nSPS) is 8.07. The predicted octanol–water partition coefficient (Wildman–Crippen LogP) is -1.33. The number of rotatable bonds is 2. The fraction of sp³-hybridized carbons (Fsp3) is 0.200. The molecule has 0 radical (unpaired) electrons. The Kier molecular flexibility index (Phi) is 9.14. The summed E-state index contributed by atoms with van der Waals surface area (Å²) in [5.74, 6) is -0.303. The number of hydrogen-bond acceptors (Lipinski definition) is 2. The van der Waals surface area contributed by atoms with Crippen LogP contribution in [-0.4, -0.2) is 35.6 Å². The molecule has 0 atom stereocenters. The zero-order chi connectivity index (χ0) is 8.97. The van der Waals surface area contributed by atoms with Crippen LogP contribution in [-0.2, 0) is 4.74 Å². The summed E-state index contributed by atoms with van der Waals surface area (Å²) in [4.78, 5) is 11.2. The van der Waals surface area contributed by atoms with Gasteiger partial charge in [0.1, 0.15) is 0 Å². The molecule has 0 saturated heterocycles. The molecule has 0 aliphatic rings. The van der Waals surface area contributed by atoms with Crippen LogP contribution < -0.4 is 12.4 Å². The summed E-state index contributed by atoms with van der Waals surface area (Å²) in [5, 5.41) is 0. The first-order valence-electron chi connectivity index (χ1n) is 3.83. The van der Waals surface area contributed by atoms with E-state index in [-0.39, 0.29) is 41.4 Å². The van der Waals surface area contributed by atoms with Crippen molar-refractivity contribution in [3.63, 3.8) is 0 Å². The van der Waals surface area contributed by atoms with E-state index in [1.807, 2.05) is 6.07 Å². The Morgan fingerprint density at radius 3 is 2.50 bits per heavy atom. The van der Waals surface area contributed by atoms with Crippen molar-refractivity contribution in [1.82, 2.24) is 0 Å². The van der Waals surface area contributed by atoms with E-state index < -0.39 is 0 Å². The Labute approximate surface area is 107 Å². The number of carbonyl (C=O) groups is 1. The van der Waals surface area contributed by atoms with Gasteiger partial charge in [0.15, 0.2) is 0 Å². The van der Waals surface area contributed by atoms with Gasteiger partial charge in [0.25, 0.3) is 5.97 Å². The summed E-state index contributed by atoms with van der Waals surface area (Å²) in [6, 6.07) is 7.12. The zero-order valence-corrected chi connectivity index (χ0v) is 10.3. The zero-order valence-electron chi connectivity index (χ0n) is 8.13. The Morgan fingerprint density at radius 2 is 2.00 bits per heavy atom. The summed E-state index contributed by atoms with van der Waals surface area (Å²) < 4.78 is 4.83. The second-order valence-electron chi connectivity index (χ2n) is 2.38. The van der Waals surface area contributed by atoms with Crippen LogP contribution in [0.3, 0.4) is 0 Å². The molecule has 4 heteroatoms. The van der Waals surface area contributed by atoms with Crippen LogP contribution in [0, 0.1) is 6.92 Å². The fourth-order valence-electron chi connectivity index (χ4n) is 0.928. The minimum atomic E-state index is -0.303. The van der Waals surface area contributed by atoms with Gasteiger partial charge in [-0.1, -0.05) is 6.07 Å². The SMILES string of the molecule is [CH2-]c1ccccc1C(=O)OCC.[Cl-].[Mg+2]. The Hall–Kier alpha value is -0.384. The number of ether oxygens (including phenoxy) is 1. The summed E-state index contributed by atoms with van der Waals surface area (Å²) in [7, 11) is 0. The number of halogens is 1. The van der Waals surface area contributed by atoms with E-state index in [2.05, 4.69) is 6.92 Å². The van der Waals surface area contributed by atoms with Crippen LogP contribution in [0.2, 0.25) is 0 Å². The van der Waals surface area contributed by atoms with E-state index in [4.69, 9.17) is 4.74 Å². The fourth-order valence-corrected chi connectivity index (χ4v) is 0.928. The number of benzene rings is 1. The molecule has 0 fully saturated rings. The molecule has 1 rings (SSSR count). The first-order valence-corrected chi connectivity index (χ1v) is 3.83.